The maximum atomic E-state index is 11.8. The summed E-state index contributed by atoms with van der Waals surface area (Å²) in [4.78, 5) is 28.0. The minimum absolute atomic E-state index is 0.00938. The molecule has 1 saturated heterocycles. The third-order valence-electron chi connectivity index (χ3n) is 3.19. The number of carbonyl (C=O) groups is 2. The first-order valence-corrected chi connectivity index (χ1v) is 7.34. The van der Waals surface area contributed by atoms with Gasteiger partial charge in [-0.1, -0.05) is 6.07 Å². The van der Waals surface area contributed by atoms with Crippen molar-refractivity contribution in [2.75, 3.05) is 32.7 Å². The lowest BCUT2D eigenvalue weighted by atomic mass is 10.3. The van der Waals surface area contributed by atoms with E-state index in [0.29, 0.717) is 39.3 Å². The molecule has 2 rings (SSSR count). The van der Waals surface area contributed by atoms with Crippen molar-refractivity contribution in [2.24, 2.45) is 0 Å². The molecule has 20 heavy (non-hydrogen) atoms. The highest BCUT2D eigenvalue weighted by Crippen LogP contribution is 2.07. The van der Waals surface area contributed by atoms with Gasteiger partial charge in [0.25, 0.3) is 5.91 Å². The summed E-state index contributed by atoms with van der Waals surface area (Å²) in [5.74, 6) is 1.85. The van der Waals surface area contributed by atoms with E-state index in [1.165, 1.54) is 0 Å². The van der Waals surface area contributed by atoms with Gasteiger partial charge in [0.2, 0.25) is 5.91 Å². The summed E-state index contributed by atoms with van der Waals surface area (Å²) in [6, 6.07) is 3.96. The van der Waals surface area contributed by atoms with Crippen LogP contribution in [-0.4, -0.2) is 54.3 Å². The van der Waals surface area contributed by atoms with Gasteiger partial charge in [-0.2, -0.15) is 0 Å². The van der Waals surface area contributed by atoms with Gasteiger partial charge in [0.05, 0.1) is 13.1 Å². The summed E-state index contributed by atoms with van der Waals surface area (Å²) < 4.78 is 0. The molecule has 1 aliphatic rings. The number of hydrogen-bond donors (Lipinski definition) is 1. The van der Waals surface area contributed by atoms with E-state index in [4.69, 9.17) is 6.42 Å². The van der Waals surface area contributed by atoms with Gasteiger partial charge in [-0.25, -0.2) is 0 Å². The van der Waals surface area contributed by atoms with E-state index in [1.54, 1.807) is 16.2 Å². The van der Waals surface area contributed by atoms with Crippen LogP contribution in [0.25, 0.3) is 0 Å². The molecule has 0 saturated carbocycles. The van der Waals surface area contributed by atoms with Crippen LogP contribution in [-0.2, 0) is 16.1 Å². The minimum atomic E-state index is -0.271. The molecule has 1 fully saturated rings. The van der Waals surface area contributed by atoms with Crippen LogP contribution in [0.15, 0.2) is 17.5 Å². The Hall–Kier alpha value is -1.84. The van der Waals surface area contributed by atoms with Crippen LogP contribution in [0.2, 0.25) is 0 Å². The molecule has 1 aliphatic heterocycles. The number of nitrogens with one attached hydrogen (secondary N) is 1. The molecule has 0 aromatic carbocycles. The molecule has 2 heterocycles. The van der Waals surface area contributed by atoms with Gasteiger partial charge in [-0.15, -0.1) is 17.8 Å². The molecule has 1 N–H and O–H groups in total. The topological polar surface area (TPSA) is 52.7 Å². The Bertz CT molecular complexity index is 499. The van der Waals surface area contributed by atoms with Gasteiger partial charge < -0.3 is 10.2 Å². The van der Waals surface area contributed by atoms with Crippen LogP contribution >= 0.6 is 11.3 Å². The maximum Gasteiger partial charge on any atom is 0.298 e. The normalized spacial score (nSPS) is 15.7. The van der Waals surface area contributed by atoms with Gasteiger partial charge in [0.15, 0.2) is 0 Å². The summed E-state index contributed by atoms with van der Waals surface area (Å²) in [5.41, 5.74) is 0. The van der Waals surface area contributed by atoms with Crippen LogP contribution in [0.1, 0.15) is 4.88 Å². The maximum absolute atomic E-state index is 11.8. The van der Waals surface area contributed by atoms with Gasteiger partial charge in [-0.3, -0.25) is 14.5 Å². The second-order valence-electron chi connectivity index (χ2n) is 4.57. The van der Waals surface area contributed by atoms with Crippen molar-refractivity contribution in [3.8, 4) is 12.3 Å². The van der Waals surface area contributed by atoms with E-state index < -0.39 is 0 Å². The molecule has 0 atom stereocenters. The van der Waals surface area contributed by atoms with Gasteiger partial charge in [0, 0.05) is 31.1 Å². The Morgan fingerprint density at radius 3 is 2.70 bits per heavy atom. The monoisotopic (exact) mass is 291 g/mol. The number of rotatable bonds is 4. The van der Waals surface area contributed by atoms with Crippen molar-refractivity contribution in [2.45, 2.75) is 6.54 Å². The molecule has 0 bridgehead atoms. The zero-order valence-electron chi connectivity index (χ0n) is 11.2. The third-order valence-corrected chi connectivity index (χ3v) is 4.07. The summed E-state index contributed by atoms with van der Waals surface area (Å²) in [6.45, 7) is 3.47. The molecule has 0 unspecified atom stereocenters. The van der Waals surface area contributed by atoms with Crippen LogP contribution < -0.4 is 5.32 Å². The SMILES string of the molecule is C#CC(=O)N1CCN(CC(=O)NCc2cccs2)CC1. The highest BCUT2D eigenvalue weighted by atomic mass is 32.1. The number of amides is 2. The van der Waals surface area contributed by atoms with Gasteiger partial charge in [0.1, 0.15) is 0 Å². The first-order valence-electron chi connectivity index (χ1n) is 6.46. The Morgan fingerprint density at radius 1 is 1.35 bits per heavy atom. The fraction of sp³-hybridized carbons (Fsp3) is 0.429. The number of thiophene rings is 1. The average molecular weight is 291 g/mol. The van der Waals surface area contributed by atoms with Gasteiger partial charge in [-0.05, 0) is 17.4 Å². The number of terminal acetylenes is 1. The fourth-order valence-corrected chi connectivity index (χ4v) is 2.70. The van der Waals surface area contributed by atoms with Crippen LogP contribution in [0.3, 0.4) is 0 Å². The summed E-state index contributed by atoms with van der Waals surface area (Å²) >= 11 is 1.63. The molecule has 5 nitrogen and oxygen atoms in total. The van der Waals surface area contributed by atoms with E-state index in [0.717, 1.165) is 4.88 Å². The Labute approximate surface area is 122 Å². The predicted octanol–water partition coefficient (Wildman–Crippen LogP) is 0.142. The summed E-state index contributed by atoms with van der Waals surface area (Å²) in [6.07, 6.45) is 5.09. The largest absolute Gasteiger partial charge is 0.350 e. The van der Waals surface area contributed by atoms with Crippen molar-refractivity contribution in [3.05, 3.63) is 22.4 Å². The first kappa shape index (κ1) is 14.6. The van der Waals surface area contributed by atoms with E-state index in [9.17, 15) is 9.59 Å². The Morgan fingerprint density at radius 2 is 2.10 bits per heavy atom. The molecule has 0 radical (unpaired) electrons. The number of hydrogen-bond acceptors (Lipinski definition) is 4. The van der Waals surface area contributed by atoms with Crippen molar-refractivity contribution in [3.63, 3.8) is 0 Å². The Balaban J connectivity index is 1.68. The first-order chi connectivity index (χ1) is 9.69. The molecular formula is C14H17N3O2S. The lowest BCUT2D eigenvalue weighted by Crippen LogP contribution is -2.50. The third kappa shape index (κ3) is 4.08. The lowest BCUT2D eigenvalue weighted by molar-refractivity contribution is -0.127. The molecular weight excluding hydrogens is 274 g/mol. The standard InChI is InChI=1S/C14H17N3O2S/c1-2-14(19)17-7-5-16(6-8-17)11-13(18)15-10-12-4-3-9-20-12/h1,3-4,9H,5-8,10-11H2,(H,15,18). The minimum Gasteiger partial charge on any atom is -0.350 e. The van der Waals surface area contributed by atoms with Crippen molar-refractivity contribution in [1.82, 2.24) is 15.1 Å². The zero-order chi connectivity index (χ0) is 14.4. The van der Waals surface area contributed by atoms with Crippen molar-refractivity contribution < 1.29 is 9.59 Å². The molecule has 0 aliphatic carbocycles. The molecule has 106 valence electrons. The molecule has 1 aromatic heterocycles. The van der Waals surface area contributed by atoms with E-state index in [2.05, 4.69) is 11.2 Å². The molecule has 0 spiro atoms. The number of carbonyl (C=O) groups excluding carboxylic acids is 2. The Kier molecular flexibility index (Phi) is 5.16. The van der Waals surface area contributed by atoms with Crippen LogP contribution in [0.5, 0.6) is 0 Å². The van der Waals surface area contributed by atoms with E-state index in [-0.39, 0.29) is 11.8 Å². The van der Waals surface area contributed by atoms with Crippen molar-refractivity contribution >= 4 is 23.2 Å². The van der Waals surface area contributed by atoms with Gasteiger partial charge >= 0.3 is 0 Å². The quantitative estimate of drug-likeness (QED) is 0.803. The molecule has 6 heteroatoms. The lowest BCUT2D eigenvalue weighted by Gasteiger charge is -2.33. The summed E-state index contributed by atoms with van der Waals surface area (Å²) in [7, 11) is 0. The van der Waals surface area contributed by atoms with Crippen LogP contribution in [0.4, 0.5) is 0 Å². The van der Waals surface area contributed by atoms with Crippen molar-refractivity contribution in [1.29, 1.82) is 0 Å². The highest BCUT2D eigenvalue weighted by molar-refractivity contribution is 7.09. The van der Waals surface area contributed by atoms with E-state index in [1.807, 2.05) is 22.4 Å². The zero-order valence-corrected chi connectivity index (χ0v) is 12.0. The van der Waals surface area contributed by atoms with Crippen LogP contribution in [0, 0.1) is 12.3 Å². The van der Waals surface area contributed by atoms with E-state index >= 15 is 0 Å². The second-order valence-corrected chi connectivity index (χ2v) is 5.60. The average Bonchev–Trinajstić information content (AvgIpc) is 2.98. The number of nitrogens with zero attached hydrogens (tertiary/aromatic N) is 2. The second kappa shape index (κ2) is 7.08. The predicted molar refractivity (Wildman–Crippen MR) is 78.0 cm³/mol. The highest BCUT2D eigenvalue weighted by Gasteiger charge is 2.21. The summed E-state index contributed by atoms with van der Waals surface area (Å²) in [5, 5.41) is 4.88. The molecule has 1 aromatic rings. The smallest absolute Gasteiger partial charge is 0.298 e. The number of piperazine rings is 1. The molecule has 2 amide bonds. The fourth-order valence-electron chi connectivity index (χ4n) is 2.06.